The van der Waals surface area contributed by atoms with Crippen molar-refractivity contribution in [1.82, 2.24) is 14.9 Å². The standard InChI is InChI=1S/C14H16BrN3O/c15-13-5-3-4-12(10-13)14(19)17-6-1-2-8-18-9-7-16-11-18/h3-5,7,9-11H,1-2,6,8H2,(H,17,19). The first-order valence-corrected chi connectivity index (χ1v) is 7.04. The first-order valence-electron chi connectivity index (χ1n) is 6.25. The van der Waals surface area contributed by atoms with Gasteiger partial charge in [0.15, 0.2) is 0 Å². The minimum atomic E-state index is -0.0241. The van der Waals surface area contributed by atoms with Gasteiger partial charge in [0.1, 0.15) is 0 Å². The molecule has 1 N–H and O–H groups in total. The second-order valence-corrected chi connectivity index (χ2v) is 5.19. The van der Waals surface area contributed by atoms with Crippen molar-refractivity contribution in [1.29, 1.82) is 0 Å². The summed E-state index contributed by atoms with van der Waals surface area (Å²) < 4.78 is 2.95. The fraction of sp³-hybridized carbons (Fsp3) is 0.286. The van der Waals surface area contributed by atoms with Crippen LogP contribution >= 0.6 is 15.9 Å². The molecule has 0 radical (unpaired) electrons. The maximum absolute atomic E-state index is 11.8. The Balaban J connectivity index is 1.67. The Morgan fingerprint density at radius 3 is 3.00 bits per heavy atom. The van der Waals surface area contributed by atoms with Crippen LogP contribution in [0.5, 0.6) is 0 Å². The molecule has 19 heavy (non-hydrogen) atoms. The third kappa shape index (κ3) is 4.52. The number of aryl methyl sites for hydroxylation is 1. The lowest BCUT2D eigenvalue weighted by atomic mass is 10.2. The number of amides is 1. The van der Waals surface area contributed by atoms with Crippen LogP contribution in [0.15, 0.2) is 47.5 Å². The largest absolute Gasteiger partial charge is 0.352 e. The van der Waals surface area contributed by atoms with Crippen LogP contribution in [0.3, 0.4) is 0 Å². The number of rotatable bonds is 6. The summed E-state index contributed by atoms with van der Waals surface area (Å²) in [5.74, 6) is -0.0241. The fourth-order valence-electron chi connectivity index (χ4n) is 1.77. The highest BCUT2D eigenvalue weighted by Gasteiger charge is 2.04. The molecule has 100 valence electrons. The van der Waals surface area contributed by atoms with Crippen LogP contribution < -0.4 is 5.32 Å². The molecule has 0 aliphatic heterocycles. The van der Waals surface area contributed by atoms with Gasteiger partial charge in [-0.1, -0.05) is 22.0 Å². The molecular formula is C14H16BrN3O. The number of halogens is 1. The molecule has 1 aromatic carbocycles. The number of nitrogens with one attached hydrogen (secondary N) is 1. The Morgan fingerprint density at radius 1 is 1.37 bits per heavy atom. The second kappa shape index (κ2) is 7.09. The van der Waals surface area contributed by atoms with Crippen molar-refractivity contribution < 1.29 is 4.79 Å². The Labute approximate surface area is 121 Å². The summed E-state index contributed by atoms with van der Waals surface area (Å²) in [5, 5.41) is 2.92. The lowest BCUT2D eigenvalue weighted by Gasteiger charge is -2.06. The lowest BCUT2D eigenvalue weighted by molar-refractivity contribution is 0.0953. The Morgan fingerprint density at radius 2 is 2.26 bits per heavy atom. The zero-order valence-electron chi connectivity index (χ0n) is 10.6. The molecule has 0 fully saturated rings. The summed E-state index contributed by atoms with van der Waals surface area (Å²) in [6, 6.07) is 7.40. The molecule has 0 spiro atoms. The highest BCUT2D eigenvalue weighted by molar-refractivity contribution is 9.10. The van der Waals surface area contributed by atoms with E-state index in [2.05, 4.69) is 26.2 Å². The van der Waals surface area contributed by atoms with E-state index in [1.807, 2.05) is 35.0 Å². The number of hydrogen-bond donors (Lipinski definition) is 1. The summed E-state index contributed by atoms with van der Waals surface area (Å²) in [6.45, 7) is 1.63. The van der Waals surface area contributed by atoms with Gasteiger partial charge >= 0.3 is 0 Å². The van der Waals surface area contributed by atoms with E-state index in [0.717, 1.165) is 23.9 Å². The summed E-state index contributed by atoms with van der Waals surface area (Å²) >= 11 is 3.36. The van der Waals surface area contributed by atoms with E-state index in [0.29, 0.717) is 12.1 Å². The number of imidazole rings is 1. The fourth-order valence-corrected chi connectivity index (χ4v) is 2.17. The number of hydrogen-bond acceptors (Lipinski definition) is 2. The van der Waals surface area contributed by atoms with Crippen molar-refractivity contribution in [2.75, 3.05) is 6.54 Å². The molecule has 0 aliphatic carbocycles. The minimum absolute atomic E-state index is 0.0241. The first-order chi connectivity index (χ1) is 9.25. The number of benzene rings is 1. The molecule has 1 heterocycles. The average molecular weight is 322 g/mol. The van der Waals surface area contributed by atoms with Crippen LogP contribution in [0.4, 0.5) is 0 Å². The quantitative estimate of drug-likeness (QED) is 0.831. The van der Waals surface area contributed by atoms with Gasteiger partial charge in [-0.05, 0) is 31.0 Å². The molecule has 0 saturated heterocycles. The highest BCUT2D eigenvalue weighted by Crippen LogP contribution is 2.11. The average Bonchev–Trinajstić information content (AvgIpc) is 2.91. The molecule has 5 heteroatoms. The van der Waals surface area contributed by atoms with Crippen LogP contribution in [0.1, 0.15) is 23.2 Å². The van der Waals surface area contributed by atoms with E-state index >= 15 is 0 Å². The first kappa shape index (κ1) is 13.8. The molecule has 0 bridgehead atoms. The molecule has 2 aromatic rings. The number of aromatic nitrogens is 2. The van der Waals surface area contributed by atoms with Crippen LogP contribution in [0.25, 0.3) is 0 Å². The van der Waals surface area contributed by atoms with Gasteiger partial charge in [-0.15, -0.1) is 0 Å². The van der Waals surface area contributed by atoms with E-state index in [4.69, 9.17) is 0 Å². The van der Waals surface area contributed by atoms with Gasteiger partial charge in [0.05, 0.1) is 6.33 Å². The zero-order chi connectivity index (χ0) is 13.5. The van der Waals surface area contributed by atoms with Gasteiger partial charge in [0.25, 0.3) is 5.91 Å². The Bertz CT molecular complexity index is 525. The van der Waals surface area contributed by atoms with Crippen molar-refractivity contribution in [2.45, 2.75) is 19.4 Å². The predicted octanol–water partition coefficient (Wildman–Crippen LogP) is 2.86. The smallest absolute Gasteiger partial charge is 0.251 e. The maximum atomic E-state index is 11.8. The molecule has 1 amide bonds. The third-order valence-corrected chi connectivity index (χ3v) is 3.27. The molecule has 2 rings (SSSR count). The van der Waals surface area contributed by atoms with Crippen molar-refractivity contribution in [2.24, 2.45) is 0 Å². The van der Waals surface area contributed by atoms with Gasteiger partial charge in [0.2, 0.25) is 0 Å². The number of carbonyl (C=O) groups excluding carboxylic acids is 1. The number of nitrogens with zero attached hydrogens (tertiary/aromatic N) is 2. The Hall–Kier alpha value is -1.62. The van der Waals surface area contributed by atoms with Crippen molar-refractivity contribution in [3.8, 4) is 0 Å². The van der Waals surface area contributed by atoms with Gasteiger partial charge in [-0.2, -0.15) is 0 Å². The number of unbranched alkanes of at least 4 members (excludes halogenated alkanes) is 1. The monoisotopic (exact) mass is 321 g/mol. The molecule has 0 aliphatic rings. The molecule has 1 aromatic heterocycles. The normalized spacial score (nSPS) is 10.4. The van der Waals surface area contributed by atoms with Gasteiger partial charge in [0, 0.05) is 35.5 Å². The van der Waals surface area contributed by atoms with E-state index in [-0.39, 0.29) is 5.91 Å². The Kier molecular flexibility index (Phi) is 5.15. The summed E-state index contributed by atoms with van der Waals surface area (Å²) in [7, 11) is 0. The third-order valence-electron chi connectivity index (χ3n) is 2.77. The SMILES string of the molecule is O=C(NCCCCn1ccnc1)c1cccc(Br)c1. The maximum Gasteiger partial charge on any atom is 0.251 e. The lowest BCUT2D eigenvalue weighted by Crippen LogP contribution is -2.24. The van der Waals surface area contributed by atoms with Gasteiger partial charge in [-0.25, -0.2) is 4.98 Å². The predicted molar refractivity (Wildman–Crippen MR) is 77.9 cm³/mol. The second-order valence-electron chi connectivity index (χ2n) is 4.27. The summed E-state index contributed by atoms with van der Waals surface area (Å²) in [6.07, 6.45) is 7.50. The van der Waals surface area contributed by atoms with Crippen molar-refractivity contribution in [3.63, 3.8) is 0 Å². The van der Waals surface area contributed by atoms with Crippen LogP contribution in [-0.4, -0.2) is 22.0 Å². The molecule has 0 atom stereocenters. The highest BCUT2D eigenvalue weighted by atomic mass is 79.9. The van der Waals surface area contributed by atoms with E-state index in [1.54, 1.807) is 12.5 Å². The van der Waals surface area contributed by atoms with Crippen LogP contribution in [0, 0.1) is 0 Å². The summed E-state index contributed by atoms with van der Waals surface area (Å²) in [5.41, 5.74) is 0.684. The number of carbonyl (C=O) groups is 1. The van der Waals surface area contributed by atoms with E-state index in [1.165, 1.54) is 0 Å². The van der Waals surface area contributed by atoms with Crippen molar-refractivity contribution in [3.05, 3.63) is 53.0 Å². The van der Waals surface area contributed by atoms with Crippen LogP contribution in [0.2, 0.25) is 0 Å². The van der Waals surface area contributed by atoms with E-state index < -0.39 is 0 Å². The molecule has 0 unspecified atom stereocenters. The van der Waals surface area contributed by atoms with Gasteiger partial charge < -0.3 is 9.88 Å². The molecular weight excluding hydrogens is 306 g/mol. The molecule has 0 saturated carbocycles. The minimum Gasteiger partial charge on any atom is -0.352 e. The van der Waals surface area contributed by atoms with Gasteiger partial charge in [-0.3, -0.25) is 4.79 Å². The van der Waals surface area contributed by atoms with Crippen LogP contribution in [-0.2, 0) is 6.54 Å². The zero-order valence-corrected chi connectivity index (χ0v) is 12.1. The van der Waals surface area contributed by atoms with E-state index in [9.17, 15) is 4.79 Å². The topological polar surface area (TPSA) is 46.9 Å². The van der Waals surface area contributed by atoms with Crippen molar-refractivity contribution >= 4 is 21.8 Å². The molecule has 4 nitrogen and oxygen atoms in total. The summed E-state index contributed by atoms with van der Waals surface area (Å²) in [4.78, 5) is 15.8.